The molecule has 1 aliphatic rings. The van der Waals surface area contributed by atoms with E-state index in [1.807, 2.05) is 24.3 Å². The maximum Gasteiger partial charge on any atom is 0.325 e. The highest BCUT2D eigenvalue weighted by Gasteiger charge is 2.30. The fourth-order valence-electron chi connectivity index (χ4n) is 2.15. The number of ether oxygens (including phenoxy) is 3. The summed E-state index contributed by atoms with van der Waals surface area (Å²) in [4.78, 5) is 13.8. The van der Waals surface area contributed by atoms with Crippen molar-refractivity contribution in [3.8, 4) is 5.75 Å². The molecule has 0 radical (unpaired) electrons. The van der Waals surface area contributed by atoms with E-state index in [9.17, 15) is 4.79 Å². The second-order valence-corrected chi connectivity index (χ2v) is 4.43. The summed E-state index contributed by atoms with van der Waals surface area (Å²) in [5.41, 5.74) is 1.14. The molecule has 104 valence electrons. The van der Waals surface area contributed by atoms with E-state index in [4.69, 9.17) is 14.2 Å². The Balaban J connectivity index is 2.03. The third kappa shape index (κ3) is 3.45. The van der Waals surface area contributed by atoms with Crippen molar-refractivity contribution in [2.45, 2.75) is 12.6 Å². The van der Waals surface area contributed by atoms with E-state index in [2.05, 4.69) is 4.90 Å². The smallest absolute Gasteiger partial charge is 0.325 e. The van der Waals surface area contributed by atoms with E-state index in [1.54, 1.807) is 7.11 Å². The number of methoxy groups -OCH3 is 2. The predicted molar refractivity (Wildman–Crippen MR) is 70.0 cm³/mol. The van der Waals surface area contributed by atoms with Crippen molar-refractivity contribution in [1.82, 2.24) is 4.90 Å². The Bertz CT molecular complexity index is 418. The van der Waals surface area contributed by atoms with Gasteiger partial charge in [-0.1, -0.05) is 12.1 Å². The third-order valence-corrected chi connectivity index (χ3v) is 3.26. The highest BCUT2D eigenvalue weighted by Crippen LogP contribution is 2.16. The van der Waals surface area contributed by atoms with E-state index < -0.39 is 0 Å². The Kier molecular flexibility index (Phi) is 4.76. The zero-order valence-corrected chi connectivity index (χ0v) is 11.3. The quantitative estimate of drug-likeness (QED) is 0.762. The van der Waals surface area contributed by atoms with Gasteiger partial charge in [0.2, 0.25) is 0 Å². The van der Waals surface area contributed by atoms with Crippen molar-refractivity contribution in [1.29, 1.82) is 0 Å². The first kappa shape index (κ1) is 13.8. The second-order valence-electron chi connectivity index (χ2n) is 4.43. The number of benzene rings is 1. The van der Waals surface area contributed by atoms with Gasteiger partial charge in [0, 0.05) is 13.1 Å². The molecule has 1 aliphatic heterocycles. The van der Waals surface area contributed by atoms with Gasteiger partial charge in [0.25, 0.3) is 0 Å². The molecule has 5 heteroatoms. The van der Waals surface area contributed by atoms with Crippen LogP contribution in [-0.2, 0) is 20.8 Å². The lowest BCUT2D eigenvalue weighted by molar-refractivity contribution is -0.153. The van der Waals surface area contributed by atoms with Gasteiger partial charge in [0.1, 0.15) is 11.8 Å². The topological polar surface area (TPSA) is 48.0 Å². The molecule has 0 aromatic heterocycles. The molecular weight excluding hydrogens is 246 g/mol. The standard InChI is InChI=1S/C14H19NO4/c1-17-12-5-3-11(4-6-12)9-15-7-8-19-10-13(15)14(16)18-2/h3-6,13H,7-10H2,1-2H3. The van der Waals surface area contributed by atoms with Gasteiger partial charge >= 0.3 is 5.97 Å². The summed E-state index contributed by atoms with van der Waals surface area (Å²) >= 11 is 0. The van der Waals surface area contributed by atoms with Gasteiger partial charge in [-0.2, -0.15) is 0 Å². The highest BCUT2D eigenvalue weighted by atomic mass is 16.5. The van der Waals surface area contributed by atoms with Crippen LogP contribution < -0.4 is 4.74 Å². The molecule has 0 amide bonds. The number of hydrogen-bond donors (Lipinski definition) is 0. The monoisotopic (exact) mass is 265 g/mol. The number of esters is 1. The van der Waals surface area contributed by atoms with E-state index in [-0.39, 0.29) is 12.0 Å². The first-order valence-electron chi connectivity index (χ1n) is 6.27. The number of hydrogen-bond acceptors (Lipinski definition) is 5. The van der Waals surface area contributed by atoms with Crippen molar-refractivity contribution >= 4 is 5.97 Å². The minimum absolute atomic E-state index is 0.242. The average molecular weight is 265 g/mol. The number of rotatable bonds is 4. The van der Waals surface area contributed by atoms with Crippen LogP contribution in [0, 0.1) is 0 Å². The molecule has 1 aromatic carbocycles. The summed E-state index contributed by atoms with van der Waals surface area (Å²) in [6.07, 6.45) is 0. The molecule has 1 fully saturated rings. The zero-order chi connectivity index (χ0) is 13.7. The largest absolute Gasteiger partial charge is 0.497 e. The molecule has 0 N–H and O–H groups in total. The van der Waals surface area contributed by atoms with Gasteiger partial charge in [-0.05, 0) is 17.7 Å². The fraction of sp³-hybridized carbons (Fsp3) is 0.500. The van der Waals surface area contributed by atoms with Crippen molar-refractivity contribution in [3.05, 3.63) is 29.8 Å². The van der Waals surface area contributed by atoms with Gasteiger partial charge in [-0.3, -0.25) is 9.69 Å². The summed E-state index contributed by atoms with van der Waals surface area (Å²) in [6.45, 7) is 2.46. The van der Waals surface area contributed by atoms with Crippen LogP contribution in [0.4, 0.5) is 0 Å². The van der Waals surface area contributed by atoms with Crippen LogP contribution in [0.5, 0.6) is 5.75 Å². The molecule has 1 aromatic rings. The number of morpholine rings is 1. The van der Waals surface area contributed by atoms with E-state index in [0.717, 1.165) is 17.9 Å². The van der Waals surface area contributed by atoms with Crippen LogP contribution in [0.25, 0.3) is 0 Å². The SMILES string of the molecule is COC(=O)C1COCCN1Cc1ccc(OC)cc1. The Morgan fingerprint density at radius 3 is 2.74 bits per heavy atom. The third-order valence-electron chi connectivity index (χ3n) is 3.26. The van der Waals surface area contributed by atoms with Gasteiger partial charge in [0.05, 0.1) is 27.4 Å². The van der Waals surface area contributed by atoms with Crippen LogP contribution in [0.2, 0.25) is 0 Å². The number of nitrogens with zero attached hydrogens (tertiary/aromatic N) is 1. The zero-order valence-electron chi connectivity index (χ0n) is 11.3. The molecule has 1 unspecified atom stereocenters. The lowest BCUT2D eigenvalue weighted by Crippen LogP contribution is -2.49. The Morgan fingerprint density at radius 1 is 1.37 bits per heavy atom. The van der Waals surface area contributed by atoms with E-state index in [1.165, 1.54) is 7.11 Å². The molecule has 1 atom stereocenters. The van der Waals surface area contributed by atoms with Crippen LogP contribution in [0.1, 0.15) is 5.56 Å². The summed E-state index contributed by atoms with van der Waals surface area (Å²) in [5, 5.41) is 0. The highest BCUT2D eigenvalue weighted by molar-refractivity contribution is 5.75. The van der Waals surface area contributed by atoms with Crippen LogP contribution in [-0.4, -0.2) is 50.9 Å². The first-order chi connectivity index (χ1) is 9.24. The van der Waals surface area contributed by atoms with Crippen LogP contribution in [0.15, 0.2) is 24.3 Å². The number of carbonyl (C=O) groups excluding carboxylic acids is 1. The molecular formula is C14H19NO4. The number of carbonyl (C=O) groups is 1. The average Bonchev–Trinajstić information content (AvgIpc) is 2.48. The van der Waals surface area contributed by atoms with E-state index in [0.29, 0.717) is 19.8 Å². The Morgan fingerprint density at radius 2 is 2.11 bits per heavy atom. The van der Waals surface area contributed by atoms with Crippen molar-refractivity contribution in [2.75, 3.05) is 34.0 Å². The van der Waals surface area contributed by atoms with Crippen molar-refractivity contribution in [2.24, 2.45) is 0 Å². The van der Waals surface area contributed by atoms with Crippen LogP contribution in [0.3, 0.4) is 0 Å². The molecule has 0 bridgehead atoms. The van der Waals surface area contributed by atoms with Gasteiger partial charge < -0.3 is 14.2 Å². The lowest BCUT2D eigenvalue weighted by Gasteiger charge is -2.33. The van der Waals surface area contributed by atoms with Gasteiger partial charge in [-0.25, -0.2) is 0 Å². The van der Waals surface area contributed by atoms with Gasteiger partial charge in [0.15, 0.2) is 0 Å². The Labute approximate surface area is 113 Å². The molecule has 0 aliphatic carbocycles. The van der Waals surface area contributed by atoms with Crippen LogP contribution >= 0.6 is 0 Å². The lowest BCUT2D eigenvalue weighted by atomic mass is 10.1. The normalized spacial score (nSPS) is 20.0. The fourth-order valence-corrected chi connectivity index (χ4v) is 2.15. The van der Waals surface area contributed by atoms with Crippen molar-refractivity contribution < 1.29 is 19.0 Å². The van der Waals surface area contributed by atoms with E-state index >= 15 is 0 Å². The summed E-state index contributed by atoms with van der Waals surface area (Å²) in [5.74, 6) is 0.587. The molecule has 0 spiro atoms. The Hall–Kier alpha value is -1.59. The first-order valence-corrected chi connectivity index (χ1v) is 6.27. The molecule has 0 saturated carbocycles. The molecule has 19 heavy (non-hydrogen) atoms. The minimum Gasteiger partial charge on any atom is -0.497 e. The van der Waals surface area contributed by atoms with Gasteiger partial charge in [-0.15, -0.1) is 0 Å². The summed E-state index contributed by atoms with van der Waals surface area (Å²) in [7, 11) is 3.05. The summed E-state index contributed by atoms with van der Waals surface area (Å²) < 4.78 is 15.3. The second kappa shape index (κ2) is 6.54. The molecule has 5 nitrogen and oxygen atoms in total. The molecule has 1 saturated heterocycles. The maximum atomic E-state index is 11.7. The minimum atomic E-state index is -0.319. The van der Waals surface area contributed by atoms with Crippen molar-refractivity contribution in [3.63, 3.8) is 0 Å². The molecule has 2 rings (SSSR count). The predicted octanol–water partition coefficient (Wildman–Crippen LogP) is 1.07. The molecule has 1 heterocycles. The maximum absolute atomic E-state index is 11.7. The summed E-state index contributed by atoms with van der Waals surface area (Å²) in [6, 6.07) is 7.53.